The number of aliphatic hydroxyl groups excluding tert-OH is 1. The van der Waals surface area contributed by atoms with Crippen LogP contribution in [0.3, 0.4) is 0 Å². The largest absolute Gasteiger partial charge is 0.507 e. The van der Waals surface area contributed by atoms with Crippen molar-refractivity contribution < 1.29 is 24.2 Å². The molecule has 30 heavy (non-hydrogen) atoms. The van der Waals surface area contributed by atoms with Gasteiger partial charge in [0.05, 0.1) is 24.8 Å². The Bertz CT molecular complexity index is 972. The number of carbonyl (C=O) groups excluding carboxylic acids is 2. The number of Topliss-reactive ketones (excluding diaryl/α,β-unsaturated/α-hetero) is 1. The van der Waals surface area contributed by atoms with Gasteiger partial charge in [-0.2, -0.15) is 0 Å². The molecule has 6 nitrogen and oxygen atoms in total. The molecule has 2 saturated heterocycles. The molecule has 2 atom stereocenters. The second-order valence-electron chi connectivity index (χ2n) is 7.73. The van der Waals surface area contributed by atoms with Crippen LogP contribution in [0.25, 0.3) is 5.76 Å². The number of aliphatic hydroxyl groups is 1. The van der Waals surface area contributed by atoms with Gasteiger partial charge in [0.2, 0.25) is 0 Å². The maximum Gasteiger partial charge on any atom is 0.295 e. The number of amides is 1. The predicted molar refractivity (Wildman–Crippen MR) is 112 cm³/mol. The Balaban J connectivity index is 1.80. The van der Waals surface area contributed by atoms with E-state index in [1.807, 2.05) is 31.2 Å². The number of likely N-dealkylation sites (tertiary alicyclic amines) is 1. The second kappa shape index (κ2) is 8.32. The van der Waals surface area contributed by atoms with Crippen molar-refractivity contribution in [3.8, 4) is 5.75 Å². The van der Waals surface area contributed by atoms with E-state index in [1.54, 1.807) is 31.4 Å². The molecule has 0 saturated carbocycles. The summed E-state index contributed by atoms with van der Waals surface area (Å²) in [6.07, 6.45) is 1.67. The highest BCUT2D eigenvalue weighted by atomic mass is 16.5. The van der Waals surface area contributed by atoms with Crippen molar-refractivity contribution in [1.29, 1.82) is 0 Å². The second-order valence-corrected chi connectivity index (χ2v) is 7.73. The van der Waals surface area contributed by atoms with Crippen LogP contribution >= 0.6 is 0 Å². The quantitative estimate of drug-likeness (QED) is 0.466. The van der Waals surface area contributed by atoms with E-state index >= 15 is 0 Å². The molecule has 4 rings (SSSR count). The zero-order valence-corrected chi connectivity index (χ0v) is 17.1. The van der Waals surface area contributed by atoms with Gasteiger partial charge in [-0.25, -0.2) is 0 Å². The summed E-state index contributed by atoms with van der Waals surface area (Å²) in [6.45, 7) is 2.92. The highest BCUT2D eigenvalue weighted by molar-refractivity contribution is 6.46. The van der Waals surface area contributed by atoms with E-state index < -0.39 is 17.7 Å². The minimum absolute atomic E-state index is 0.104. The molecule has 0 radical (unpaired) electrons. The summed E-state index contributed by atoms with van der Waals surface area (Å²) < 4.78 is 10.9. The molecule has 0 aliphatic carbocycles. The standard InChI is InChI=1S/C24H25NO5/c1-15-5-7-17(8-6-15)22(26)20-21(16-9-11-18(29-2)12-10-16)25(24(28)23(20)27)14-19-4-3-13-30-19/h5-12,19,21,26H,3-4,13-14H2,1-2H3/b22-20+. The third-order valence-electron chi connectivity index (χ3n) is 5.72. The molecular formula is C24H25NO5. The van der Waals surface area contributed by atoms with Crippen molar-refractivity contribution in [2.45, 2.75) is 31.9 Å². The fourth-order valence-electron chi connectivity index (χ4n) is 4.08. The third kappa shape index (κ3) is 3.71. The van der Waals surface area contributed by atoms with Crippen molar-refractivity contribution in [3.63, 3.8) is 0 Å². The third-order valence-corrected chi connectivity index (χ3v) is 5.72. The van der Waals surface area contributed by atoms with Crippen LogP contribution in [0.5, 0.6) is 5.75 Å². The molecule has 6 heteroatoms. The van der Waals surface area contributed by atoms with Crippen molar-refractivity contribution in [3.05, 3.63) is 70.8 Å². The molecule has 0 bridgehead atoms. The molecule has 2 fully saturated rings. The van der Waals surface area contributed by atoms with E-state index in [0.29, 0.717) is 24.5 Å². The van der Waals surface area contributed by atoms with Gasteiger partial charge in [0.15, 0.2) is 0 Å². The van der Waals surface area contributed by atoms with Crippen LogP contribution in [-0.4, -0.2) is 48.1 Å². The number of methoxy groups -OCH3 is 1. The topological polar surface area (TPSA) is 76.1 Å². The molecule has 156 valence electrons. The zero-order valence-electron chi connectivity index (χ0n) is 17.1. The number of ketones is 1. The first-order valence-corrected chi connectivity index (χ1v) is 10.1. The van der Waals surface area contributed by atoms with E-state index in [0.717, 1.165) is 24.0 Å². The van der Waals surface area contributed by atoms with E-state index in [1.165, 1.54) is 4.90 Å². The van der Waals surface area contributed by atoms with Crippen LogP contribution in [0.4, 0.5) is 0 Å². The lowest BCUT2D eigenvalue weighted by Gasteiger charge is -2.27. The first kappa shape index (κ1) is 20.2. The van der Waals surface area contributed by atoms with Crippen molar-refractivity contribution in [1.82, 2.24) is 4.90 Å². The monoisotopic (exact) mass is 407 g/mol. The van der Waals surface area contributed by atoms with E-state index in [2.05, 4.69) is 0 Å². The lowest BCUT2D eigenvalue weighted by Crippen LogP contribution is -2.36. The Morgan fingerprint density at radius 2 is 1.83 bits per heavy atom. The van der Waals surface area contributed by atoms with Crippen molar-refractivity contribution in [2.24, 2.45) is 0 Å². The van der Waals surface area contributed by atoms with Gasteiger partial charge in [0.25, 0.3) is 11.7 Å². The molecule has 2 heterocycles. The number of benzene rings is 2. The van der Waals surface area contributed by atoms with Crippen LogP contribution in [0.1, 0.15) is 35.6 Å². The first-order chi connectivity index (χ1) is 14.5. The minimum atomic E-state index is -0.679. The van der Waals surface area contributed by atoms with E-state index in [4.69, 9.17) is 9.47 Å². The number of hydrogen-bond donors (Lipinski definition) is 1. The van der Waals surface area contributed by atoms with Crippen LogP contribution in [-0.2, 0) is 14.3 Å². The molecule has 2 aromatic rings. The molecule has 1 N–H and O–H groups in total. The smallest absolute Gasteiger partial charge is 0.295 e. The lowest BCUT2D eigenvalue weighted by atomic mass is 9.95. The van der Waals surface area contributed by atoms with E-state index in [-0.39, 0.29) is 17.4 Å². The summed E-state index contributed by atoms with van der Waals surface area (Å²) in [5.41, 5.74) is 2.39. The molecule has 0 spiro atoms. The van der Waals surface area contributed by atoms with Crippen LogP contribution in [0.2, 0.25) is 0 Å². The Morgan fingerprint density at radius 3 is 2.43 bits per heavy atom. The Labute approximate surface area is 175 Å². The average molecular weight is 407 g/mol. The number of nitrogens with zero attached hydrogens (tertiary/aromatic N) is 1. The Hall–Kier alpha value is -3.12. The summed E-state index contributed by atoms with van der Waals surface area (Å²) >= 11 is 0. The van der Waals surface area contributed by atoms with Gasteiger partial charge in [-0.1, -0.05) is 42.0 Å². The first-order valence-electron chi connectivity index (χ1n) is 10.1. The van der Waals surface area contributed by atoms with Gasteiger partial charge in [-0.3, -0.25) is 9.59 Å². The summed E-state index contributed by atoms with van der Waals surface area (Å²) in [5.74, 6) is -0.774. The summed E-state index contributed by atoms with van der Waals surface area (Å²) in [7, 11) is 1.58. The van der Waals surface area contributed by atoms with Gasteiger partial charge in [-0.05, 0) is 37.5 Å². The van der Waals surface area contributed by atoms with Crippen molar-refractivity contribution in [2.75, 3.05) is 20.3 Å². The van der Waals surface area contributed by atoms with Crippen LogP contribution < -0.4 is 4.74 Å². The minimum Gasteiger partial charge on any atom is -0.507 e. The maximum absolute atomic E-state index is 13.0. The van der Waals surface area contributed by atoms with Gasteiger partial charge in [0, 0.05) is 18.7 Å². The Kier molecular flexibility index (Phi) is 5.59. The molecule has 1 amide bonds. The number of hydrogen-bond acceptors (Lipinski definition) is 5. The van der Waals surface area contributed by atoms with Gasteiger partial charge < -0.3 is 19.5 Å². The lowest BCUT2D eigenvalue weighted by molar-refractivity contribution is -0.140. The van der Waals surface area contributed by atoms with Gasteiger partial charge in [-0.15, -0.1) is 0 Å². The average Bonchev–Trinajstić information content (AvgIpc) is 3.36. The van der Waals surface area contributed by atoms with Crippen molar-refractivity contribution >= 4 is 17.4 Å². The number of ether oxygens (including phenoxy) is 2. The Morgan fingerprint density at radius 1 is 1.13 bits per heavy atom. The maximum atomic E-state index is 13.0. The number of rotatable bonds is 5. The normalized spacial score (nSPS) is 23.2. The van der Waals surface area contributed by atoms with E-state index in [9.17, 15) is 14.7 Å². The zero-order chi connectivity index (χ0) is 21.3. The molecular weight excluding hydrogens is 382 g/mol. The summed E-state index contributed by atoms with van der Waals surface area (Å²) in [5, 5.41) is 11.0. The number of aryl methyl sites for hydroxylation is 1. The predicted octanol–water partition coefficient (Wildman–Crippen LogP) is 3.60. The fraction of sp³-hybridized carbons (Fsp3) is 0.333. The summed E-state index contributed by atoms with van der Waals surface area (Å²) in [6, 6.07) is 13.8. The fourth-order valence-corrected chi connectivity index (χ4v) is 4.08. The SMILES string of the molecule is COc1ccc(C2/C(=C(\O)c3ccc(C)cc3)C(=O)C(=O)N2CC2CCCO2)cc1. The highest BCUT2D eigenvalue weighted by Gasteiger charge is 2.47. The molecule has 2 aliphatic heterocycles. The van der Waals surface area contributed by atoms with Crippen LogP contribution in [0.15, 0.2) is 54.1 Å². The molecule has 2 aliphatic rings. The molecule has 2 aromatic carbocycles. The van der Waals surface area contributed by atoms with Gasteiger partial charge >= 0.3 is 0 Å². The highest BCUT2D eigenvalue weighted by Crippen LogP contribution is 2.40. The van der Waals surface area contributed by atoms with Gasteiger partial charge in [0.1, 0.15) is 11.5 Å². The summed E-state index contributed by atoms with van der Waals surface area (Å²) in [4.78, 5) is 27.5. The molecule has 2 unspecified atom stereocenters. The van der Waals surface area contributed by atoms with Crippen LogP contribution in [0, 0.1) is 6.92 Å². The molecule has 0 aromatic heterocycles. The number of carbonyl (C=O) groups is 2.